The van der Waals surface area contributed by atoms with E-state index < -0.39 is 0 Å². The molecule has 0 atom stereocenters. The zero-order valence-corrected chi connectivity index (χ0v) is 16.3. The maximum atomic E-state index is 12.4. The van der Waals surface area contributed by atoms with Gasteiger partial charge in [-0.2, -0.15) is 0 Å². The molecule has 2 heterocycles. The molecule has 1 aromatic carbocycles. The first kappa shape index (κ1) is 19.4. The first-order valence-corrected chi connectivity index (χ1v) is 10.3. The second-order valence-electron chi connectivity index (χ2n) is 6.61. The fourth-order valence-corrected chi connectivity index (χ4v) is 3.79. The molecule has 0 radical (unpaired) electrons. The number of benzene rings is 1. The largest absolute Gasteiger partial charge is 0.342 e. The number of carbonyl (C=O) groups excluding carboxylic acids is 2. The Kier molecular flexibility index (Phi) is 6.86. The van der Waals surface area contributed by atoms with Gasteiger partial charge in [-0.25, -0.2) is 4.98 Å². The fraction of sp³-hybridized carbons (Fsp3) is 0.474. The van der Waals surface area contributed by atoms with Crippen LogP contribution in [0.25, 0.3) is 0 Å². The van der Waals surface area contributed by atoms with Gasteiger partial charge in [-0.1, -0.05) is 36.9 Å². The number of rotatable bonds is 7. The first-order valence-electron chi connectivity index (χ1n) is 9.33. The van der Waals surface area contributed by atoms with Crippen LogP contribution in [0, 0.1) is 5.92 Å². The number of aromatic amines is 1. The summed E-state index contributed by atoms with van der Waals surface area (Å²) in [4.78, 5) is 31.0. The Morgan fingerprint density at radius 1 is 1.26 bits per heavy atom. The maximum absolute atomic E-state index is 12.4. The van der Waals surface area contributed by atoms with Crippen LogP contribution in [-0.2, 0) is 16.0 Å². The summed E-state index contributed by atoms with van der Waals surface area (Å²) in [6, 6.07) is 9.47. The molecule has 3 rings (SSSR count). The number of thioether (sulfide) groups is 1. The van der Waals surface area contributed by atoms with Crippen LogP contribution in [0.2, 0.25) is 0 Å². The molecule has 144 valence electrons. The fourth-order valence-electron chi connectivity index (χ4n) is 3.07. The quantitative estimate of drug-likeness (QED) is 0.713. The van der Waals surface area contributed by atoms with Crippen molar-refractivity contribution in [2.45, 2.75) is 37.8 Å². The Hall–Kier alpha value is -2.35. The molecule has 1 aliphatic rings. The lowest BCUT2D eigenvalue weighted by Crippen LogP contribution is -2.42. The summed E-state index contributed by atoms with van der Waals surface area (Å²) in [5.41, 5.74) is 0.811. The second kappa shape index (κ2) is 9.55. The van der Waals surface area contributed by atoms with Crippen LogP contribution >= 0.6 is 11.8 Å². The predicted octanol–water partition coefficient (Wildman–Crippen LogP) is 2.73. The molecule has 2 N–H and O–H groups in total. The summed E-state index contributed by atoms with van der Waals surface area (Å²) in [5, 5.41) is 10.6. The van der Waals surface area contributed by atoms with Crippen molar-refractivity contribution >= 4 is 29.3 Å². The van der Waals surface area contributed by atoms with Crippen molar-refractivity contribution in [3.63, 3.8) is 0 Å². The van der Waals surface area contributed by atoms with E-state index in [1.807, 2.05) is 35.2 Å². The smallest absolute Gasteiger partial charge is 0.233 e. The maximum Gasteiger partial charge on any atom is 0.233 e. The molecule has 0 aliphatic carbocycles. The number of piperidine rings is 1. The third-order valence-corrected chi connectivity index (χ3v) is 5.41. The highest BCUT2D eigenvalue weighted by Crippen LogP contribution is 2.21. The Balaban J connectivity index is 1.41. The number of aryl methyl sites for hydroxylation is 1. The van der Waals surface area contributed by atoms with Crippen LogP contribution < -0.4 is 5.32 Å². The van der Waals surface area contributed by atoms with Crippen LogP contribution in [0.15, 0.2) is 35.5 Å². The van der Waals surface area contributed by atoms with Gasteiger partial charge in [0.15, 0.2) is 0 Å². The highest BCUT2D eigenvalue weighted by Gasteiger charge is 2.27. The average molecular weight is 388 g/mol. The predicted molar refractivity (Wildman–Crippen MR) is 105 cm³/mol. The van der Waals surface area contributed by atoms with E-state index in [-0.39, 0.29) is 17.7 Å². The van der Waals surface area contributed by atoms with Crippen molar-refractivity contribution in [3.8, 4) is 0 Å². The summed E-state index contributed by atoms with van der Waals surface area (Å²) in [7, 11) is 0. The number of hydrogen-bond donors (Lipinski definition) is 2. The monoisotopic (exact) mass is 387 g/mol. The van der Waals surface area contributed by atoms with Gasteiger partial charge in [0.05, 0.1) is 5.75 Å². The molecule has 1 aromatic heterocycles. The molecule has 1 saturated heterocycles. The van der Waals surface area contributed by atoms with Crippen LogP contribution in [0.4, 0.5) is 5.69 Å². The molecule has 1 fully saturated rings. The average Bonchev–Trinajstić information content (AvgIpc) is 3.15. The number of amides is 2. The number of nitrogens with zero attached hydrogens (tertiary/aromatic N) is 3. The number of para-hydroxylation sites is 1. The van der Waals surface area contributed by atoms with Gasteiger partial charge in [-0.3, -0.25) is 14.7 Å². The zero-order chi connectivity index (χ0) is 19.1. The van der Waals surface area contributed by atoms with Gasteiger partial charge in [-0.05, 0) is 31.4 Å². The standard InChI is InChI=1S/C19H25N5O2S/c1-2-6-16-21-19(23-22-16)27-13-17(25)24-11-9-14(10-12-24)18(26)20-15-7-4-3-5-8-15/h3-5,7-8,14H,2,6,9-13H2,1H3,(H,20,26)(H,21,22,23). The minimum Gasteiger partial charge on any atom is -0.342 e. The number of aromatic nitrogens is 3. The number of likely N-dealkylation sites (tertiary alicyclic amines) is 1. The van der Waals surface area contributed by atoms with Crippen LogP contribution in [0.5, 0.6) is 0 Å². The highest BCUT2D eigenvalue weighted by atomic mass is 32.2. The molecule has 0 saturated carbocycles. The van der Waals surface area contributed by atoms with Crippen LogP contribution in [0.1, 0.15) is 32.0 Å². The minimum absolute atomic E-state index is 0.0341. The molecule has 7 nitrogen and oxygen atoms in total. The molecule has 0 bridgehead atoms. The molecule has 2 amide bonds. The summed E-state index contributed by atoms with van der Waals surface area (Å²) in [6.45, 7) is 3.31. The molecular formula is C19H25N5O2S. The van der Waals surface area contributed by atoms with E-state index >= 15 is 0 Å². The normalized spacial score (nSPS) is 14.9. The number of anilines is 1. The van der Waals surface area contributed by atoms with Crippen LogP contribution in [0.3, 0.4) is 0 Å². The minimum atomic E-state index is -0.0495. The Bertz CT molecular complexity index is 756. The SMILES string of the molecule is CCCc1nc(SCC(=O)N2CCC(C(=O)Nc3ccccc3)CC2)n[nH]1. The molecule has 2 aromatic rings. The second-order valence-corrected chi connectivity index (χ2v) is 7.56. The third kappa shape index (κ3) is 5.56. The van der Waals surface area contributed by atoms with E-state index in [9.17, 15) is 9.59 Å². The van der Waals surface area contributed by atoms with E-state index in [1.54, 1.807) is 0 Å². The Morgan fingerprint density at radius 3 is 2.70 bits per heavy atom. The van der Waals surface area contributed by atoms with Crippen molar-refractivity contribution in [3.05, 3.63) is 36.2 Å². The van der Waals surface area contributed by atoms with Gasteiger partial charge in [0.25, 0.3) is 0 Å². The Labute approximate surface area is 163 Å². The van der Waals surface area contributed by atoms with E-state index in [1.165, 1.54) is 11.8 Å². The van der Waals surface area contributed by atoms with Crippen LogP contribution in [-0.4, -0.2) is 50.7 Å². The van der Waals surface area contributed by atoms with E-state index in [0.717, 1.165) is 24.4 Å². The molecule has 0 unspecified atom stereocenters. The lowest BCUT2D eigenvalue weighted by atomic mass is 9.96. The molecule has 8 heteroatoms. The molecule has 0 spiro atoms. The van der Waals surface area contributed by atoms with Crippen molar-refractivity contribution in [1.82, 2.24) is 20.1 Å². The van der Waals surface area contributed by atoms with Gasteiger partial charge in [0.1, 0.15) is 5.82 Å². The molecule has 27 heavy (non-hydrogen) atoms. The first-order chi connectivity index (χ1) is 13.2. The van der Waals surface area contributed by atoms with E-state index in [0.29, 0.717) is 36.8 Å². The Morgan fingerprint density at radius 2 is 2.00 bits per heavy atom. The molecule has 1 aliphatic heterocycles. The van der Waals surface area contributed by atoms with Crippen molar-refractivity contribution in [2.75, 3.05) is 24.2 Å². The number of H-pyrrole nitrogens is 1. The lowest BCUT2D eigenvalue weighted by Gasteiger charge is -2.31. The number of nitrogens with one attached hydrogen (secondary N) is 2. The van der Waals surface area contributed by atoms with Gasteiger partial charge >= 0.3 is 0 Å². The van der Waals surface area contributed by atoms with Gasteiger partial charge in [0.2, 0.25) is 17.0 Å². The van der Waals surface area contributed by atoms with E-state index in [2.05, 4.69) is 27.4 Å². The van der Waals surface area contributed by atoms with E-state index in [4.69, 9.17) is 0 Å². The van der Waals surface area contributed by atoms with Gasteiger partial charge < -0.3 is 10.2 Å². The van der Waals surface area contributed by atoms with Crippen molar-refractivity contribution in [1.29, 1.82) is 0 Å². The lowest BCUT2D eigenvalue weighted by molar-refractivity contribution is -0.132. The summed E-state index contributed by atoms with van der Waals surface area (Å²) in [5.74, 6) is 1.24. The summed E-state index contributed by atoms with van der Waals surface area (Å²) >= 11 is 1.35. The van der Waals surface area contributed by atoms with Crippen molar-refractivity contribution < 1.29 is 9.59 Å². The molecular weight excluding hydrogens is 362 g/mol. The highest BCUT2D eigenvalue weighted by molar-refractivity contribution is 7.99. The van der Waals surface area contributed by atoms with Gasteiger partial charge in [0, 0.05) is 31.1 Å². The topological polar surface area (TPSA) is 91.0 Å². The number of carbonyl (C=O) groups is 2. The van der Waals surface area contributed by atoms with Crippen molar-refractivity contribution in [2.24, 2.45) is 5.92 Å². The summed E-state index contributed by atoms with van der Waals surface area (Å²) in [6.07, 6.45) is 3.25. The summed E-state index contributed by atoms with van der Waals surface area (Å²) < 4.78 is 0. The van der Waals surface area contributed by atoms with Gasteiger partial charge in [-0.15, -0.1) is 5.10 Å². The third-order valence-electron chi connectivity index (χ3n) is 4.58. The zero-order valence-electron chi connectivity index (χ0n) is 15.5. The number of hydrogen-bond acceptors (Lipinski definition) is 5.